The molecule has 5 aromatic heterocycles. The van der Waals surface area contributed by atoms with Gasteiger partial charge >= 0.3 is 0 Å². The molecule has 0 radical (unpaired) electrons. The van der Waals surface area contributed by atoms with Crippen LogP contribution in [0.25, 0.3) is 55.7 Å². The summed E-state index contributed by atoms with van der Waals surface area (Å²) in [6.07, 6.45) is 3.68. The smallest absolute Gasteiger partial charge is 0.135 e. The van der Waals surface area contributed by atoms with E-state index in [1.807, 2.05) is 24.5 Å². The second-order valence-corrected chi connectivity index (χ2v) is 9.17. The zero-order chi connectivity index (χ0) is 22.4. The predicted octanol–water partition coefficient (Wildman–Crippen LogP) is 6.72. The Bertz CT molecular complexity index is 1580. The van der Waals surface area contributed by atoms with Crippen LogP contribution in [-0.4, -0.2) is 31.2 Å². The molecule has 0 unspecified atom stereocenters. The molecule has 7 heteroatoms. The third kappa shape index (κ3) is 3.56. The van der Waals surface area contributed by atoms with Gasteiger partial charge in [-0.25, -0.2) is 4.98 Å². The van der Waals surface area contributed by atoms with Crippen molar-refractivity contribution in [3.8, 4) is 33.8 Å². The first kappa shape index (κ1) is 19.7. The van der Waals surface area contributed by atoms with Gasteiger partial charge in [0.25, 0.3) is 0 Å². The zero-order valence-corrected chi connectivity index (χ0v) is 19.1. The van der Waals surface area contributed by atoms with Crippen molar-refractivity contribution in [2.75, 3.05) is 5.32 Å². The molecule has 0 aliphatic rings. The van der Waals surface area contributed by atoms with Gasteiger partial charge in [0.15, 0.2) is 0 Å². The highest BCUT2D eigenvalue weighted by Gasteiger charge is 2.15. The van der Waals surface area contributed by atoms with Crippen LogP contribution in [0.5, 0.6) is 0 Å². The van der Waals surface area contributed by atoms with Gasteiger partial charge in [-0.2, -0.15) is 16.4 Å². The number of H-pyrrole nitrogens is 2. The van der Waals surface area contributed by atoms with Crippen molar-refractivity contribution in [3.05, 3.63) is 71.7 Å². The van der Waals surface area contributed by atoms with Gasteiger partial charge in [-0.15, -0.1) is 0 Å². The van der Waals surface area contributed by atoms with Gasteiger partial charge in [-0.05, 0) is 72.1 Å². The summed E-state index contributed by atoms with van der Waals surface area (Å²) in [4.78, 5) is 12.9. The van der Waals surface area contributed by atoms with E-state index in [2.05, 4.69) is 86.5 Å². The number of nitrogens with zero attached hydrogens (tertiary/aromatic N) is 3. The second kappa shape index (κ2) is 7.86. The van der Waals surface area contributed by atoms with Crippen molar-refractivity contribution in [2.45, 2.75) is 19.9 Å². The standard InChI is InChI=1S/C26H22N6S/c1-15(2)28-18-10-17(12-27-13-18)21-6-7-23-25(30-21)26(32-31-23)24-11-20-19(16-8-9-33-14-16)4-3-5-22(20)29-24/h3-15,28-29H,1-2H3,(H,31,32). The minimum absolute atomic E-state index is 0.332. The van der Waals surface area contributed by atoms with Crippen molar-refractivity contribution in [3.63, 3.8) is 0 Å². The van der Waals surface area contributed by atoms with Crippen LogP contribution in [-0.2, 0) is 0 Å². The average molecular weight is 451 g/mol. The van der Waals surface area contributed by atoms with E-state index in [1.165, 1.54) is 16.5 Å². The molecule has 0 atom stereocenters. The topological polar surface area (TPSA) is 82.3 Å². The Morgan fingerprint density at radius 2 is 1.91 bits per heavy atom. The van der Waals surface area contributed by atoms with E-state index < -0.39 is 0 Å². The summed E-state index contributed by atoms with van der Waals surface area (Å²) in [6, 6.07) is 17.1. The number of aromatic amines is 2. The maximum atomic E-state index is 4.96. The van der Waals surface area contributed by atoms with Crippen LogP contribution in [0.1, 0.15) is 13.8 Å². The fourth-order valence-electron chi connectivity index (χ4n) is 4.19. The summed E-state index contributed by atoms with van der Waals surface area (Å²) in [5, 5.41) is 16.6. The maximum absolute atomic E-state index is 4.96. The number of pyridine rings is 2. The number of thiophene rings is 1. The van der Waals surface area contributed by atoms with Crippen LogP contribution >= 0.6 is 11.3 Å². The second-order valence-electron chi connectivity index (χ2n) is 8.39. The fourth-order valence-corrected chi connectivity index (χ4v) is 4.85. The molecule has 6 aromatic rings. The first-order valence-electron chi connectivity index (χ1n) is 10.9. The van der Waals surface area contributed by atoms with Gasteiger partial charge in [0.05, 0.1) is 22.6 Å². The first-order chi connectivity index (χ1) is 16.2. The van der Waals surface area contributed by atoms with Crippen LogP contribution in [0.15, 0.2) is 71.7 Å². The number of fused-ring (bicyclic) bond motifs is 2. The molecule has 6 rings (SSSR count). The van der Waals surface area contributed by atoms with E-state index in [0.717, 1.165) is 44.9 Å². The lowest BCUT2D eigenvalue weighted by atomic mass is 10.0. The third-order valence-electron chi connectivity index (χ3n) is 5.65. The molecule has 0 aliphatic heterocycles. The Balaban J connectivity index is 1.45. The molecular weight excluding hydrogens is 428 g/mol. The van der Waals surface area contributed by atoms with Gasteiger partial charge < -0.3 is 10.3 Å². The monoisotopic (exact) mass is 450 g/mol. The molecule has 33 heavy (non-hydrogen) atoms. The number of benzene rings is 1. The first-order valence-corrected chi connectivity index (χ1v) is 11.8. The summed E-state index contributed by atoms with van der Waals surface area (Å²) >= 11 is 1.71. The van der Waals surface area contributed by atoms with Gasteiger partial charge in [-0.3, -0.25) is 10.1 Å². The molecule has 0 aliphatic carbocycles. The van der Waals surface area contributed by atoms with E-state index in [9.17, 15) is 0 Å². The Morgan fingerprint density at radius 3 is 2.76 bits per heavy atom. The molecule has 3 N–H and O–H groups in total. The minimum atomic E-state index is 0.332. The van der Waals surface area contributed by atoms with E-state index in [4.69, 9.17) is 4.98 Å². The largest absolute Gasteiger partial charge is 0.382 e. The highest BCUT2D eigenvalue weighted by Crippen LogP contribution is 2.35. The number of nitrogens with one attached hydrogen (secondary N) is 3. The van der Waals surface area contributed by atoms with Crippen LogP contribution in [0, 0.1) is 0 Å². The highest BCUT2D eigenvalue weighted by molar-refractivity contribution is 7.08. The Labute approximate surface area is 194 Å². The van der Waals surface area contributed by atoms with Crippen molar-refractivity contribution in [2.24, 2.45) is 0 Å². The van der Waals surface area contributed by atoms with Crippen molar-refractivity contribution in [1.29, 1.82) is 0 Å². The van der Waals surface area contributed by atoms with Crippen molar-refractivity contribution < 1.29 is 0 Å². The van der Waals surface area contributed by atoms with E-state index in [-0.39, 0.29) is 0 Å². The molecule has 6 nitrogen and oxygen atoms in total. The van der Waals surface area contributed by atoms with Gasteiger partial charge in [-0.1, -0.05) is 12.1 Å². The normalized spacial score (nSPS) is 11.6. The summed E-state index contributed by atoms with van der Waals surface area (Å²) in [7, 11) is 0. The molecule has 162 valence electrons. The lowest BCUT2D eigenvalue weighted by Gasteiger charge is -2.10. The summed E-state index contributed by atoms with van der Waals surface area (Å²) < 4.78 is 0. The fraction of sp³-hybridized carbons (Fsp3) is 0.115. The molecule has 0 saturated heterocycles. The van der Waals surface area contributed by atoms with Crippen LogP contribution in [0.2, 0.25) is 0 Å². The maximum Gasteiger partial charge on any atom is 0.135 e. The van der Waals surface area contributed by atoms with E-state index in [1.54, 1.807) is 11.3 Å². The zero-order valence-electron chi connectivity index (χ0n) is 18.3. The highest BCUT2D eigenvalue weighted by atomic mass is 32.1. The van der Waals surface area contributed by atoms with E-state index >= 15 is 0 Å². The molecule has 0 bridgehead atoms. The quantitative estimate of drug-likeness (QED) is 0.272. The molecule has 1 aromatic carbocycles. The van der Waals surface area contributed by atoms with Gasteiger partial charge in [0, 0.05) is 34.9 Å². The van der Waals surface area contributed by atoms with Crippen molar-refractivity contribution in [1.82, 2.24) is 25.1 Å². The molecule has 0 amide bonds. The van der Waals surface area contributed by atoms with Gasteiger partial charge in [0.2, 0.25) is 0 Å². The SMILES string of the molecule is CC(C)Nc1cncc(-c2ccc3[nH]nc(-c4cc5c(-c6ccsc6)cccc5[nH]4)c3n2)c1. The van der Waals surface area contributed by atoms with Crippen LogP contribution < -0.4 is 5.32 Å². The molecule has 0 fully saturated rings. The summed E-state index contributed by atoms with van der Waals surface area (Å²) in [6.45, 7) is 4.22. The lowest BCUT2D eigenvalue weighted by Crippen LogP contribution is -2.09. The summed E-state index contributed by atoms with van der Waals surface area (Å²) in [5.41, 5.74) is 9.81. The molecular formula is C26H22N6S. The lowest BCUT2D eigenvalue weighted by molar-refractivity contribution is 0.898. The summed E-state index contributed by atoms with van der Waals surface area (Å²) in [5.74, 6) is 0. The third-order valence-corrected chi connectivity index (χ3v) is 6.33. The predicted molar refractivity (Wildman–Crippen MR) is 136 cm³/mol. The van der Waals surface area contributed by atoms with Crippen LogP contribution in [0.3, 0.4) is 0 Å². The van der Waals surface area contributed by atoms with Crippen molar-refractivity contribution >= 4 is 39.0 Å². The number of hydrogen-bond donors (Lipinski definition) is 3. The number of anilines is 1. The van der Waals surface area contributed by atoms with Gasteiger partial charge in [0.1, 0.15) is 11.2 Å². The number of hydrogen-bond acceptors (Lipinski definition) is 5. The van der Waals surface area contributed by atoms with Crippen LogP contribution in [0.4, 0.5) is 5.69 Å². The molecule has 5 heterocycles. The minimum Gasteiger partial charge on any atom is -0.382 e. The Kier molecular flexibility index (Phi) is 4.69. The van der Waals surface area contributed by atoms with E-state index in [0.29, 0.717) is 6.04 Å². The molecule has 0 spiro atoms. The molecule has 0 saturated carbocycles. The Morgan fingerprint density at radius 1 is 0.970 bits per heavy atom. The number of aromatic nitrogens is 5. The Hall–Kier alpha value is -3.97. The number of rotatable bonds is 5. The average Bonchev–Trinajstić information content (AvgIpc) is 3.57.